The van der Waals surface area contributed by atoms with Gasteiger partial charge in [-0.1, -0.05) is 11.6 Å². The highest BCUT2D eigenvalue weighted by molar-refractivity contribution is 5.97. The fraction of sp³-hybridized carbons (Fsp3) is 0.263. The van der Waals surface area contributed by atoms with Crippen molar-refractivity contribution in [3.63, 3.8) is 0 Å². The molecule has 2 heterocycles. The molecule has 132 valence electrons. The van der Waals surface area contributed by atoms with Crippen molar-refractivity contribution in [3.05, 3.63) is 64.8 Å². The molecule has 0 amide bonds. The van der Waals surface area contributed by atoms with Crippen LogP contribution in [0.2, 0.25) is 0 Å². The second-order valence-electron chi connectivity index (χ2n) is 6.12. The standard InChI is InChI=1S/C19H16F2N4O/c1-12-5-6-25(11-22)10-14(12)17-9-23-13(8-24-17)7-18(26)19-15(20)3-2-4-16(19)21/h2-4,8-9H,5-7,10H2,1H3. The van der Waals surface area contributed by atoms with E-state index in [0.717, 1.165) is 29.7 Å². The maximum Gasteiger partial charge on any atom is 0.179 e. The van der Waals surface area contributed by atoms with E-state index in [0.29, 0.717) is 24.5 Å². The van der Waals surface area contributed by atoms with E-state index in [1.165, 1.54) is 18.5 Å². The molecule has 26 heavy (non-hydrogen) atoms. The lowest BCUT2D eigenvalue weighted by atomic mass is 9.99. The van der Waals surface area contributed by atoms with Gasteiger partial charge in [0, 0.05) is 12.7 Å². The van der Waals surface area contributed by atoms with Crippen molar-refractivity contribution in [1.82, 2.24) is 14.9 Å². The summed E-state index contributed by atoms with van der Waals surface area (Å²) in [6.45, 7) is 3.14. The highest BCUT2D eigenvalue weighted by Crippen LogP contribution is 2.24. The van der Waals surface area contributed by atoms with Crippen LogP contribution >= 0.6 is 0 Å². The molecule has 1 aliphatic rings. The van der Waals surface area contributed by atoms with Crippen molar-refractivity contribution in [1.29, 1.82) is 5.26 Å². The topological polar surface area (TPSA) is 69.9 Å². The number of nitriles is 1. The number of halogens is 2. The summed E-state index contributed by atoms with van der Waals surface area (Å²) in [5.41, 5.74) is 2.48. The molecule has 7 heteroatoms. The molecule has 2 aromatic rings. The summed E-state index contributed by atoms with van der Waals surface area (Å²) in [4.78, 5) is 22.3. The molecule has 1 aromatic heterocycles. The molecular weight excluding hydrogens is 338 g/mol. The van der Waals surface area contributed by atoms with Crippen LogP contribution in [-0.4, -0.2) is 33.7 Å². The van der Waals surface area contributed by atoms with Gasteiger partial charge in [-0.15, -0.1) is 0 Å². The minimum atomic E-state index is -0.890. The molecule has 0 bridgehead atoms. The molecule has 0 saturated carbocycles. The maximum absolute atomic E-state index is 13.7. The quantitative estimate of drug-likeness (QED) is 0.623. The Labute approximate surface area is 149 Å². The van der Waals surface area contributed by atoms with Crippen LogP contribution < -0.4 is 0 Å². The second kappa shape index (κ2) is 7.40. The van der Waals surface area contributed by atoms with E-state index >= 15 is 0 Å². The predicted molar refractivity (Wildman–Crippen MR) is 90.8 cm³/mol. The van der Waals surface area contributed by atoms with Crippen molar-refractivity contribution < 1.29 is 13.6 Å². The summed E-state index contributed by atoms with van der Waals surface area (Å²) < 4.78 is 27.4. The average Bonchev–Trinajstić information content (AvgIpc) is 2.63. The fourth-order valence-electron chi connectivity index (χ4n) is 2.86. The normalized spacial score (nSPS) is 14.3. The molecule has 3 rings (SSSR count). The first-order valence-electron chi connectivity index (χ1n) is 8.11. The first-order valence-corrected chi connectivity index (χ1v) is 8.11. The van der Waals surface area contributed by atoms with Crippen LogP contribution in [0.1, 0.15) is 35.1 Å². The van der Waals surface area contributed by atoms with E-state index in [4.69, 9.17) is 5.26 Å². The summed E-state index contributed by atoms with van der Waals surface area (Å²) in [6.07, 6.45) is 5.61. The Hall–Kier alpha value is -3.14. The Morgan fingerprint density at radius 3 is 2.62 bits per heavy atom. The Morgan fingerprint density at radius 1 is 1.27 bits per heavy atom. The zero-order valence-electron chi connectivity index (χ0n) is 14.2. The van der Waals surface area contributed by atoms with Crippen molar-refractivity contribution >= 4 is 11.4 Å². The summed E-state index contributed by atoms with van der Waals surface area (Å²) in [5.74, 6) is -2.47. The van der Waals surface area contributed by atoms with Gasteiger partial charge in [0.05, 0.1) is 36.1 Å². The molecule has 1 aliphatic heterocycles. The molecule has 1 aromatic carbocycles. The van der Waals surface area contributed by atoms with Gasteiger partial charge in [-0.05, 0) is 31.1 Å². The van der Waals surface area contributed by atoms with Crippen molar-refractivity contribution in [2.45, 2.75) is 19.8 Å². The monoisotopic (exact) mass is 354 g/mol. The van der Waals surface area contributed by atoms with E-state index in [9.17, 15) is 13.6 Å². The average molecular weight is 354 g/mol. The number of carbonyl (C=O) groups is 1. The molecule has 0 unspecified atom stereocenters. The minimum Gasteiger partial charge on any atom is -0.306 e. The molecule has 0 atom stereocenters. The third-order valence-corrected chi connectivity index (χ3v) is 4.36. The van der Waals surface area contributed by atoms with E-state index in [1.54, 1.807) is 4.90 Å². The van der Waals surface area contributed by atoms with Gasteiger partial charge in [0.1, 0.15) is 11.6 Å². The van der Waals surface area contributed by atoms with Gasteiger partial charge in [0.25, 0.3) is 0 Å². The van der Waals surface area contributed by atoms with Crippen LogP contribution in [0.25, 0.3) is 5.57 Å². The molecule has 0 radical (unpaired) electrons. The number of hydrogen-bond donors (Lipinski definition) is 0. The molecule has 0 fully saturated rings. The Bertz CT molecular complexity index is 896. The lowest BCUT2D eigenvalue weighted by molar-refractivity contribution is 0.0983. The van der Waals surface area contributed by atoms with Crippen LogP contribution in [0.15, 0.2) is 36.2 Å². The van der Waals surface area contributed by atoms with Gasteiger partial charge in [-0.3, -0.25) is 14.8 Å². The van der Waals surface area contributed by atoms with Crippen LogP contribution in [0.5, 0.6) is 0 Å². The number of benzene rings is 1. The summed E-state index contributed by atoms with van der Waals surface area (Å²) in [5, 5.41) is 9.06. The van der Waals surface area contributed by atoms with Crippen molar-refractivity contribution in [2.24, 2.45) is 0 Å². The van der Waals surface area contributed by atoms with Crippen LogP contribution in [0, 0.1) is 23.1 Å². The lowest BCUT2D eigenvalue weighted by Gasteiger charge is -2.25. The van der Waals surface area contributed by atoms with Gasteiger partial charge in [0.15, 0.2) is 12.0 Å². The van der Waals surface area contributed by atoms with Crippen LogP contribution in [0.3, 0.4) is 0 Å². The summed E-state index contributed by atoms with van der Waals surface area (Å²) >= 11 is 0. The van der Waals surface area contributed by atoms with Gasteiger partial charge in [-0.2, -0.15) is 5.26 Å². The number of hydrogen-bond acceptors (Lipinski definition) is 5. The number of nitrogens with zero attached hydrogens (tertiary/aromatic N) is 4. The number of carbonyl (C=O) groups excluding carboxylic acids is 1. The van der Waals surface area contributed by atoms with E-state index in [-0.39, 0.29) is 6.42 Å². The highest BCUT2D eigenvalue weighted by Gasteiger charge is 2.20. The third-order valence-electron chi connectivity index (χ3n) is 4.36. The molecule has 0 saturated heterocycles. The maximum atomic E-state index is 13.7. The zero-order valence-corrected chi connectivity index (χ0v) is 14.2. The highest BCUT2D eigenvalue weighted by atomic mass is 19.1. The number of ketones is 1. The lowest BCUT2D eigenvalue weighted by Crippen LogP contribution is -2.26. The van der Waals surface area contributed by atoms with E-state index in [2.05, 4.69) is 16.2 Å². The minimum absolute atomic E-state index is 0.243. The molecule has 0 N–H and O–H groups in total. The van der Waals surface area contributed by atoms with Crippen molar-refractivity contribution in [2.75, 3.05) is 13.1 Å². The number of rotatable bonds is 4. The van der Waals surface area contributed by atoms with Gasteiger partial charge in [-0.25, -0.2) is 8.78 Å². The van der Waals surface area contributed by atoms with Gasteiger partial charge >= 0.3 is 0 Å². The van der Waals surface area contributed by atoms with Crippen LogP contribution in [0.4, 0.5) is 8.78 Å². The molecule has 0 aliphatic carbocycles. The van der Waals surface area contributed by atoms with E-state index < -0.39 is 23.0 Å². The number of Topliss-reactive ketones (excluding diaryl/α,β-unsaturated/α-hetero) is 1. The van der Waals surface area contributed by atoms with Gasteiger partial charge in [0.2, 0.25) is 0 Å². The largest absolute Gasteiger partial charge is 0.306 e. The summed E-state index contributed by atoms with van der Waals surface area (Å²) in [6, 6.07) is 3.30. The second-order valence-corrected chi connectivity index (χ2v) is 6.12. The first-order chi connectivity index (χ1) is 12.5. The fourth-order valence-corrected chi connectivity index (χ4v) is 2.86. The molecule has 0 spiro atoms. The molecule has 5 nitrogen and oxygen atoms in total. The van der Waals surface area contributed by atoms with Crippen LogP contribution in [-0.2, 0) is 6.42 Å². The molecular formula is C19H16F2N4O. The smallest absolute Gasteiger partial charge is 0.179 e. The third kappa shape index (κ3) is 3.59. The first kappa shape index (κ1) is 17.7. The SMILES string of the molecule is CC1=C(c2cnc(CC(=O)c3c(F)cccc3F)cn2)CN(C#N)CC1. The zero-order chi connectivity index (χ0) is 18.7. The Kier molecular flexibility index (Phi) is 5.03. The van der Waals surface area contributed by atoms with Gasteiger partial charge < -0.3 is 4.90 Å². The number of aromatic nitrogens is 2. The van der Waals surface area contributed by atoms with Crippen molar-refractivity contribution in [3.8, 4) is 6.19 Å². The Morgan fingerprint density at radius 2 is 2.00 bits per heavy atom. The Balaban J connectivity index is 1.78. The summed E-state index contributed by atoms with van der Waals surface area (Å²) in [7, 11) is 0. The van der Waals surface area contributed by atoms with E-state index in [1.807, 2.05) is 6.92 Å². The predicted octanol–water partition coefficient (Wildman–Crippen LogP) is 3.14.